The standard InChI is InChI=1S/C12H18N2/c1-9-10(2)12(6-5-11(9)13)14-7-3-4-8-14/h5-6H,3-4,7-8,13H2,1-2H3. The first-order valence-electron chi connectivity index (χ1n) is 5.31. The molecule has 0 aromatic heterocycles. The van der Waals surface area contributed by atoms with Crippen LogP contribution in [0.5, 0.6) is 0 Å². The average Bonchev–Trinajstić information content (AvgIpc) is 2.67. The first kappa shape index (κ1) is 9.38. The molecule has 0 aliphatic carbocycles. The van der Waals surface area contributed by atoms with Crippen molar-refractivity contribution < 1.29 is 0 Å². The van der Waals surface area contributed by atoms with Gasteiger partial charge in [-0.1, -0.05) is 0 Å². The first-order chi connectivity index (χ1) is 6.70. The minimum Gasteiger partial charge on any atom is -0.399 e. The average molecular weight is 190 g/mol. The van der Waals surface area contributed by atoms with Gasteiger partial charge in [-0.05, 0) is 49.9 Å². The number of nitrogens with two attached hydrogens (primary N) is 1. The minimum atomic E-state index is 0.908. The molecule has 0 saturated carbocycles. The molecule has 1 heterocycles. The summed E-state index contributed by atoms with van der Waals surface area (Å²) in [6.07, 6.45) is 2.64. The van der Waals surface area contributed by atoms with E-state index in [9.17, 15) is 0 Å². The van der Waals surface area contributed by atoms with Crippen LogP contribution in [0.2, 0.25) is 0 Å². The second-order valence-corrected chi connectivity index (χ2v) is 4.12. The molecule has 0 radical (unpaired) electrons. The largest absolute Gasteiger partial charge is 0.399 e. The number of anilines is 2. The van der Waals surface area contributed by atoms with E-state index in [1.165, 1.54) is 42.7 Å². The van der Waals surface area contributed by atoms with Gasteiger partial charge in [-0.3, -0.25) is 0 Å². The van der Waals surface area contributed by atoms with Crippen LogP contribution in [0.1, 0.15) is 24.0 Å². The Hall–Kier alpha value is -1.18. The lowest BCUT2D eigenvalue weighted by molar-refractivity contribution is 0.949. The minimum absolute atomic E-state index is 0.908. The van der Waals surface area contributed by atoms with Gasteiger partial charge in [-0.15, -0.1) is 0 Å². The van der Waals surface area contributed by atoms with Gasteiger partial charge < -0.3 is 10.6 Å². The van der Waals surface area contributed by atoms with Crippen molar-refractivity contribution in [2.45, 2.75) is 26.7 Å². The molecule has 2 heteroatoms. The molecule has 0 amide bonds. The van der Waals surface area contributed by atoms with Crippen LogP contribution in [-0.2, 0) is 0 Å². The van der Waals surface area contributed by atoms with Crippen LogP contribution >= 0.6 is 0 Å². The van der Waals surface area contributed by atoms with E-state index in [1.807, 2.05) is 6.07 Å². The zero-order valence-electron chi connectivity index (χ0n) is 9.01. The summed E-state index contributed by atoms with van der Waals surface area (Å²) < 4.78 is 0. The highest BCUT2D eigenvalue weighted by atomic mass is 15.1. The maximum Gasteiger partial charge on any atom is 0.0400 e. The molecule has 1 aliphatic rings. The summed E-state index contributed by atoms with van der Waals surface area (Å²) in [6.45, 7) is 6.66. The molecule has 0 atom stereocenters. The van der Waals surface area contributed by atoms with Gasteiger partial charge in [0.25, 0.3) is 0 Å². The van der Waals surface area contributed by atoms with Crippen molar-refractivity contribution in [2.24, 2.45) is 0 Å². The number of rotatable bonds is 1. The van der Waals surface area contributed by atoms with Gasteiger partial charge in [0.2, 0.25) is 0 Å². The summed E-state index contributed by atoms with van der Waals surface area (Å²) in [5.74, 6) is 0. The zero-order chi connectivity index (χ0) is 10.1. The molecule has 1 saturated heterocycles. The fourth-order valence-electron chi connectivity index (χ4n) is 2.13. The molecular formula is C12H18N2. The summed E-state index contributed by atoms with van der Waals surface area (Å²) in [6, 6.07) is 4.18. The molecule has 0 spiro atoms. The van der Waals surface area contributed by atoms with Crippen molar-refractivity contribution in [3.63, 3.8) is 0 Å². The maximum absolute atomic E-state index is 5.87. The van der Waals surface area contributed by atoms with Crippen molar-refractivity contribution in [1.82, 2.24) is 0 Å². The van der Waals surface area contributed by atoms with E-state index < -0.39 is 0 Å². The normalized spacial score (nSPS) is 16.3. The van der Waals surface area contributed by atoms with Crippen LogP contribution in [0.25, 0.3) is 0 Å². The molecule has 0 unspecified atom stereocenters. The highest BCUT2D eigenvalue weighted by Crippen LogP contribution is 2.29. The van der Waals surface area contributed by atoms with E-state index >= 15 is 0 Å². The Morgan fingerprint density at radius 3 is 2.36 bits per heavy atom. The monoisotopic (exact) mass is 190 g/mol. The van der Waals surface area contributed by atoms with Crippen LogP contribution in [0.15, 0.2) is 12.1 Å². The SMILES string of the molecule is Cc1c(N)ccc(N2CCCC2)c1C. The molecule has 1 aromatic carbocycles. The summed E-state index contributed by atoms with van der Waals surface area (Å²) >= 11 is 0. The van der Waals surface area contributed by atoms with E-state index in [4.69, 9.17) is 5.73 Å². The Bertz CT molecular complexity index is 338. The lowest BCUT2D eigenvalue weighted by atomic mass is 10.1. The van der Waals surface area contributed by atoms with E-state index in [2.05, 4.69) is 24.8 Å². The Morgan fingerprint density at radius 1 is 1.07 bits per heavy atom. The number of nitrogen functional groups attached to an aromatic ring is 1. The van der Waals surface area contributed by atoms with E-state index in [0.717, 1.165) is 5.69 Å². The second-order valence-electron chi connectivity index (χ2n) is 4.12. The summed E-state index contributed by atoms with van der Waals surface area (Å²) in [5.41, 5.74) is 10.7. The third-order valence-corrected chi connectivity index (χ3v) is 3.25. The number of hydrogen-bond acceptors (Lipinski definition) is 2. The van der Waals surface area contributed by atoms with Crippen LogP contribution in [0, 0.1) is 13.8 Å². The second kappa shape index (κ2) is 3.52. The van der Waals surface area contributed by atoms with Crippen LogP contribution in [0.4, 0.5) is 11.4 Å². The molecule has 2 N–H and O–H groups in total. The topological polar surface area (TPSA) is 29.3 Å². The van der Waals surface area contributed by atoms with Gasteiger partial charge in [0.15, 0.2) is 0 Å². The van der Waals surface area contributed by atoms with Crippen molar-refractivity contribution >= 4 is 11.4 Å². The van der Waals surface area contributed by atoms with Crippen LogP contribution < -0.4 is 10.6 Å². The van der Waals surface area contributed by atoms with Crippen molar-refractivity contribution in [1.29, 1.82) is 0 Å². The number of benzene rings is 1. The molecular weight excluding hydrogens is 172 g/mol. The van der Waals surface area contributed by atoms with Crippen molar-refractivity contribution in [3.05, 3.63) is 23.3 Å². The maximum atomic E-state index is 5.87. The van der Waals surface area contributed by atoms with Gasteiger partial charge >= 0.3 is 0 Å². The first-order valence-corrected chi connectivity index (χ1v) is 5.31. The zero-order valence-corrected chi connectivity index (χ0v) is 9.01. The predicted molar refractivity (Wildman–Crippen MR) is 61.8 cm³/mol. The predicted octanol–water partition coefficient (Wildman–Crippen LogP) is 2.49. The van der Waals surface area contributed by atoms with Crippen molar-refractivity contribution in [2.75, 3.05) is 23.7 Å². The lowest BCUT2D eigenvalue weighted by Gasteiger charge is -2.21. The molecule has 1 fully saturated rings. The fraction of sp³-hybridized carbons (Fsp3) is 0.500. The van der Waals surface area contributed by atoms with Crippen molar-refractivity contribution in [3.8, 4) is 0 Å². The molecule has 76 valence electrons. The Morgan fingerprint density at radius 2 is 1.71 bits per heavy atom. The number of nitrogens with zero attached hydrogens (tertiary/aromatic N) is 1. The van der Waals surface area contributed by atoms with Gasteiger partial charge in [-0.25, -0.2) is 0 Å². The third kappa shape index (κ3) is 1.45. The molecule has 14 heavy (non-hydrogen) atoms. The molecule has 2 nitrogen and oxygen atoms in total. The van der Waals surface area contributed by atoms with Gasteiger partial charge in [0.05, 0.1) is 0 Å². The van der Waals surface area contributed by atoms with E-state index in [-0.39, 0.29) is 0 Å². The third-order valence-electron chi connectivity index (χ3n) is 3.25. The summed E-state index contributed by atoms with van der Waals surface area (Å²) in [5, 5.41) is 0. The van der Waals surface area contributed by atoms with E-state index in [0.29, 0.717) is 0 Å². The lowest BCUT2D eigenvalue weighted by Crippen LogP contribution is -2.19. The Balaban J connectivity index is 2.38. The summed E-state index contributed by atoms with van der Waals surface area (Å²) in [4.78, 5) is 2.46. The van der Waals surface area contributed by atoms with Gasteiger partial charge in [0, 0.05) is 24.5 Å². The van der Waals surface area contributed by atoms with Gasteiger partial charge in [-0.2, -0.15) is 0 Å². The highest BCUT2D eigenvalue weighted by Gasteiger charge is 2.15. The fourth-order valence-corrected chi connectivity index (χ4v) is 2.13. The van der Waals surface area contributed by atoms with E-state index in [1.54, 1.807) is 0 Å². The highest BCUT2D eigenvalue weighted by molar-refractivity contribution is 5.64. The molecule has 2 rings (SSSR count). The Kier molecular flexibility index (Phi) is 2.36. The molecule has 1 aromatic rings. The quantitative estimate of drug-likeness (QED) is 0.689. The number of hydrogen-bond donors (Lipinski definition) is 1. The van der Waals surface area contributed by atoms with Gasteiger partial charge in [0.1, 0.15) is 0 Å². The molecule has 0 bridgehead atoms. The van der Waals surface area contributed by atoms with Crippen LogP contribution in [0.3, 0.4) is 0 Å². The van der Waals surface area contributed by atoms with Crippen LogP contribution in [-0.4, -0.2) is 13.1 Å². The molecule has 1 aliphatic heterocycles. The Labute approximate surface area is 85.7 Å². The smallest absolute Gasteiger partial charge is 0.0400 e. The summed E-state index contributed by atoms with van der Waals surface area (Å²) in [7, 11) is 0.